The Bertz CT molecular complexity index is 838. The lowest BCUT2D eigenvalue weighted by atomic mass is 10.1. The number of carbonyl (C=O) groups excluding carboxylic acids is 2. The van der Waals surface area contributed by atoms with Gasteiger partial charge in [-0.05, 0) is 43.0 Å². The van der Waals surface area contributed by atoms with Crippen LogP contribution in [-0.2, 0) is 22.6 Å². The fourth-order valence-corrected chi connectivity index (χ4v) is 3.25. The van der Waals surface area contributed by atoms with Gasteiger partial charge in [-0.25, -0.2) is 0 Å². The Balaban J connectivity index is 1.68. The van der Waals surface area contributed by atoms with Gasteiger partial charge in [0.05, 0.1) is 0 Å². The molecule has 2 aromatic rings. The van der Waals surface area contributed by atoms with Crippen LogP contribution in [0.1, 0.15) is 37.8 Å². The maximum Gasteiger partial charge on any atom is 0.242 e. The summed E-state index contributed by atoms with van der Waals surface area (Å²) >= 11 is 0. The van der Waals surface area contributed by atoms with Crippen molar-refractivity contribution < 1.29 is 19.1 Å². The first kappa shape index (κ1) is 20.7. The molecule has 0 saturated heterocycles. The fourth-order valence-electron chi connectivity index (χ4n) is 3.25. The third-order valence-electron chi connectivity index (χ3n) is 4.98. The van der Waals surface area contributed by atoms with Crippen molar-refractivity contribution in [1.29, 1.82) is 0 Å². The zero-order chi connectivity index (χ0) is 20.6. The molecule has 0 aromatic heterocycles. The van der Waals surface area contributed by atoms with E-state index >= 15 is 0 Å². The van der Waals surface area contributed by atoms with E-state index in [0.717, 1.165) is 23.3 Å². The molecule has 0 spiro atoms. The second kappa shape index (κ2) is 9.96. The minimum Gasteiger partial charge on any atom is -0.454 e. The zero-order valence-electron chi connectivity index (χ0n) is 17.0. The van der Waals surface area contributed by atoms with Gasteiger partial charge in [0.25, 0.3) is 0 Å². The Morgan fingerprint density at radius 3 is 2.59 bits per heavy atom. The summed E-state index contributed by atoms with van der Waals surface area (Å²) in [5.74, 6) is 1.26. The monoisotopic (exact) mass is 396 g/mol. The molecule has 6 nitrogen and oxygen atoms in total. The lowest BCUT2D eigenvalue weighted by molar-refractivity contribution is -0.140. The van der Waals surface area contributed by atoms with Gasteiger partial charge >= 0.3 is 0 Å². The molecule has 1 aliphatic rings. The van der Waals surface area contributed by atoms with E-state index in [0.29, 0.717) is 31.7 Å². The van der Waals surface area contributed by atoms with Crippen LogP contribution in [0.15, 0.2) is 48.5 Å². The van der Waals surface area contributed by atoms with Gasteiger partial charge in [-0.2, -0.15) is 0 Å². The highest BCUT2D eigenvalue weighted by Crippen LogP contribution is 2.32. The number of carbonyl (C=O) groups is 2. The molecule has 2 aromatic carbocycles. The maximum atomic E-state index is 13.1. The molecular formula is C23H28N2O4. The van der Waals surface area contributed by atoms with E-state index < -0.39 is 6.04 Å². The number of rotatable bonds is 9. The molecule has 3 rings (SSSR count). The zero-order valence-corrected chi connectivity index (χ0v) is 17.0. The molecule has 1 unspecified atom stereocenters. The summed E-state index contributed by atoms with van der Waals surface area (Å²) in [6, 6.07) is 14.9. The molecule has 29 heavy (non-hydrogen) atoms. The van der Waals surface area contributed by atoms with Gasteiger partial charge in [0.1, 0.15) is 6.04 Å². The molecule has 6 heteroatoms. The lowest BCUT2D eigenvalue weighted by Crippen LogP contribution is -2.47. The molecule has 1 atom stereocenters. The predicted molar refractivity (Wildman–Crippen MR) is 111 cm³/mol. The smallest absolute Gasteiger partial charge is 0.242 e. The van der Waals surface area contributed by atoms with Crippen LogP contribution in [0.25, 0.3) is 0 Å². The normalized spacial score (nSPS) is 13.0. The topological polar surface area (TPSA) is 67.9 Å². The molecule has 1 N–H and O–H groups in total. The Labute approximate surface area is 171 Å². The van der Waals surface area contributed by atoms with Crippen LogP contribution in [-0.4, -0.2) is 36.1 Å². The number of nitrogens with one attached hydrogen (secondary N) is 1. The van der Waals surface area contributed by atoms with Crippen LogP contribution >= 0.6 is 0 Å². The minimum absolute atomic E-state index is 0.0503. The van der Waals surface area contributed by atoms with Crippen molar-refractivity contribution in [3.05, 3.63) is 59.7 Å². The fraction of sp³-hybridized carbons (Fsp3) is 0.391. The quantitative estimate of drug-likeness (QED) is 0.706. The van der Waals surface area contributed by atoms with Crippen molar-refractivity contribution in [3.63, 3.8) is 0 Å². The third-order valence-corrected chi connectivity index (χ3v) is 4.98. The van der Waals surface area contributed by atoms with Crippen molar-refractivity contribution in [2.24, 2.45) is 0 Å². The van der Waals surface area contributed by atoms with Crippen molar-refractivity contribution in [2.45, 2.75) is 45.7 Å². The molecule has 0 radical (unpaired) electrons. The number of benzene rings is 2. The van der Waals surface area contributed by atoms with E-state index in [1.54, 1.807) is 11.8 Å². The largest absolute Gasteiger partial charge is 0.454 e. The number of aryl methyl sites for hydroxylation is 1. The Hall–Kier alpha value is -3.02. The second-order valence-corrected chi connectivity index (χ2v) is 7.16. The van der Waals surface area contributed by atoms with E-state index in [1.165, 1.54) is 0 Å². The summed E-state index contributed by atoms with van der Waals surface area (Å²) in [6.45, 7) is 5.03. The summed E-state index contributed by atoms with van der Waals surface area (Å²) in [7, 11) is 0. The highest BCUT2D eigenvalue weighted by atomic mass is 16.7. The molecule has 0 bridgehead atoms. The van der Waals surface area contributed by atoms with Gasteiger partial charge in [0.15, 0.2) is 11.5 Å². The van der Waals surface area contributed by atoms with Crippen molar-refractivity contribution in [3.8, 4) is 11.5 Å². The van der Waals surface area contributed by atoms with Crippen molar-refractivity contribution >= 4 is 11.8 Å². The molecule has 0 saturated carbocycles. The molecule has 1 aliphatic heterocycles. The van der Waals surface area contributed by atoms with Crippen LogP contribution in [0.3, 0.4) is 0 Å². The number of amides is 2. The molecule has 0 fully saturated rings. The molecule has 1 heterocycles. The molecule has 154 valence electrons. The van der Waals surface area contributed by atoms with Gasteiger partial charge in [-0.1, -0.05) is 43.3 Å². The molecule has 0 aliphatic carbocycles. The highest BCUT2D eigenvalue weighted by molar-refractivity contribution is 5.87. The number of hydrogen-bond donors (Lipinski definition) is 1. The number of ether oxygens (including phenoxy) is 2. The van der Waals surface area contributed by atoms with Crippen molar-refractivity contribution in [1.82, 2.24) is 10.2 Å². The summed E-state index contributed by atoms with van der Waals surface area (Å²) in [6.07, 6.45) is 1.75. The number of fused-ring (bicyclic) bond motifs is 1. The average Bonchev–Trinajstić information content (AvgIpc) is 3.22. The van der Waals surface area contributed by atoms with E-state index in [2.05, 4.69) is 5.32 Å². The first-order valence-corrected chi connectivity index (χ1v) is 10.1. The van der Waals surface area contributed by atoms with Crippen molar-refractivity contribution in [2.75, 3.05) is 13.3 Å². The van der Waals surface area contributed by atoms with Gasteiger partial charge in [-0.3, -0.25) is 9.59 Å². The van der Waals surface area contributed by atoms with E-state index in [9.17, 15) is 9.59 Å². The average molecular weight is 396 g/mol. The first-order valence-electron chi connectivity index (χ1n) is 10.1. The van der Waals surface area contributed by atoms with E-state index in [1.807, 2.05) is 55.5 Å². The second-order valence-electron chi connectivity index (χ2n) is 7.16. The third kappa shape index (κ3) is 5.50. The van der Waals surface area contributed by atoms with Gasteiger partial charge in [0.2, 0.25) is 18.6 Å². The number of nitrogens with zero attached hydrogens (tertiary/aromatic N) is 1. The molecule has 2 amide bonds. The lowest BCUT2D eigenvalue weighted by Gasteiger charge is -2.29. The van der Waals surface area contributed by atoms with Crippen LogP contribution in [0, 0.1) is 0 Å². The van der Waals surface area contributed by atoms with Gasteiger partial charge < -0.3 is 19.7 Å². The van der Waals surface area contributed by atoms with Crippen LogP contribution < -0.4 is 14.8 Å². The highest BCUT2D eigenvalue weighted by Gasteiger charge is 2.25. The summed E-state index contributed by atoms with van der Waals surface area (Å²) in [5.41, 5.74) is 2.00. The first-order chi connectivity index (χ1) is 14.1. The predicted octanol–water partition coefficient (Wildman–Crippen LogP) is 3.29. The SMILES string of the molecule is CCCNC(=O)C(C)N(Cc1ccccc1)C(=O)CCc1ccc2c(c1)OCO2. The maximum absolute atomic E-state index is 13.1. The summed E-state index contributed by atoms with van der Waals surface area (Å²) in [4.78, 5) is 27.2. The van der Waals surface area contributed by atoms with Crippen LogP contribution in [0.5, 0.6) is 11.5 Å². The standard InChI is InChI=1S/C23H28N2O4/c1-3-13-24-23(27)17(2)25(15-19-7-5-4-6-8-19)22(26)12-10-18-9-11-20-21(14-18)29-16-28-20/h4-9,11,14,17H,3,10,12-13,15-16H2,1-2H3,(H,24,27). The Kier molecular flexibility index (Phi) is 7.11. The Morgan fingerprint density at radius 2 is 1.83 bits per heavy atom. The van der Waals surface area contributed by atoms with Gasteiger partial charge in [-0.15, -0.1) is 0 Å². The number of hydrogen-bond acceptors (Lipinski definition) is 4. The van der Waals surface area contributed by atoms with Gasteiger partial charge in [0, 0.05) is 19.5 Å². The minimum atomic E-state index is -0.536. The van der Waals surface area contributed by atoms with E-state index in [-0.39, 0.29) is 18.6 Å². The van der Waals surface area contributed by atoms with E-state index in [4.69, 9.17) is 9.47 Å². The molecular weight excluding hydrogens is 368 g/mol. The summed E-state index contributed by atoms with van der Waals surface area (Å²) in [5, 5.41) is 2.89. The van der Waals surface area contributed by atoms with Crippen LogP contribution in [0.2, 0.25) is 0 Å². The Morgan fingerprint density at radius 1 is 1.07 bits per heavy atom. The van der Waals surface area contributed by atoms with Crippen LogP contribution in [0.4, 0.5) is 0 Å². The summed E-state index contributed by atoms with van der Waals surface area (Å²) < 4.78 is 10.7.